The lowest BCUT2D eigenvalue weighted by Crippen LogP contribution is -2.04. The van der Waals surface area contributed by atoms with Gasteiger partial charge in [0.05, 0.1) is 7.11 Å². The van der Waals surface area contributed by atoms with Crippen LogP contribution in [0.15, 0.2) is 6.07 Å². The Morgan fingerprint density at radius 3 is 2.44 bits per heavy atom. The van der Waals surface area contributed by atoms with Crippen molar-refractivity contribution in [3.05, 3.63) is 28.6 Å². The van der Waals surface area contributed by atoms with Crippen molar-refractivity contribution in [2.45, 2.75) is 45.4 Å². The minimum Gasteiger partial charge on any atom is -0.494 e. The summed E-state index contributed by atoms with van der Waals surface area (Å²) in [6.45, 7) is 6.15. The van der Waals surface area contributed by atoms with Gasteiger partial charge in [-0.05, 0) is 54.4 Å². The number of benzene rings is 1. The molecular formula is C14H19FO. The zero-order valence-electron chi connectivity index (χ0n) is 10.4. The molecular weight excluding hydrogens is 203 g/mol. The molecule has 0 radical (unpaired) electrons. The fourth-order valence-corrected chi connectivity index (χ4v) is 2.43. The number of aryl methyl sites for hydroxylation is 1. The van der Waals surface area contributed by atoms with E-state index in [1.807, 2.05) is 19.9 Å². The van der Waals surface area contributed by atoms with Crippen LogP contribution in [0.25, 0.3) is 0 Å². The average molecular weight is 222 g/mol. The first kappa shape index (κ1) is 11.4. The van der Waals surface area contributed by atoms with E-state index in [4.69, 9.17) is 4.74 Å². The first-order valence-electron chi connectivity index (χ1n) is 5.93. The van der Waals surface area contributed by atoms with Gasteiger partial charge < -0.3 is 4.74 Å². The normalized spacial score (nSPS) is 15.6. The molecule has 1 aliphatic carbocycles. The molecule has 0 heterocycles. The number of hydrogen-bond donors (Lipinski definition) is 0. The maximum atomic E-state index is 14.2. The monoisotopic (exact) mass is 222 g/mol. The van der Waals surface area contributed by atoms with Gasteiger partial charge in [0, 0.05) is 0 Å². The molecule has 1 aromatic rings. The van der Waals surface area contributed by atoms with E-state index in [0.29, 0.717) is 11.7 Å². The Hall–Kier alpha value is -1.05. The summed E-state index contributed by atoms with van der Waals surface area (Å²) in [5.74, 6) is 1.01. The number of rotatable bonds is 3. The predicted octanol–water partition coefficient (Wildman–Crippen LogP) is 4.14. The van der Waals surface area contributed by atoms with E-state index >= 15 is 0 Å². The second-order valence-electron chi connectivity index (χ2n) is 4.97. The van der Waals surface area contributed by atoms with Crippen molar-refractivity contribution in [1.82, 2.24) is 0 Å². The van der Waals surface area contributed by atoms with Gasteiger partial charge in [-0.15, -0.1) is 0 Å². The quantitative estimate of drug-likeness (QED) is 0.746. The highest BCUT2D eigenvalue weighted by atomic mass is 19.1. The highest BCUT2D eigenvalue weighted by molar-refractivity contribution is 5.48. The zero-order valence-corrected chi connectivity index (χ0v) is 10.4. The van der Waals surface area contributed by atoms with Crippen LogP contribution in [0, 0.1) is 12.7 Å². The SMILES string of the molecule is COc1cc(C)c(C2CC2)c(C(C)C)c1F. The standard InChI is InChI=1S/C14H19FO/c1-8(2)12-13(10-5-6-10)9(3)7-11(16-4)14(12)15/h7-8,10H,5-6H2,1-4H3. The van der Waals surface area contributed by atoms with Gasteiger partial charge in [0.1, 0.15) is 0 Å². The molecule has 88 valence electrons. The lowest BCUT2D eigenvalue weighted by atomic mass is 9.90. The van der Waals surface area contributed by atoms with Crippen molar-refractivity contribution in [2.75, 3.05) is 7.11 Å². The largest absolute Gasteiger partial charge is 0.494 e. The summed E-state index contributed by atoms with van der Waals surface area (Å²) in [6.07, 6.45) is 2.40. The van der Waals surface area contributed by atoms with Crippen LogP contribution in [0.1, 0.15) is 55.2 Å². The van der Waals surface area contributed by atoms with E-state index in [-0.39, 0.29) is 11.7 Å². The van der Waals surface area contributed by atoms with Crippen molar-refractivity contribution in [3.8, 4) is 5.75 Å². The maximum Gasteiger partial charge on any atom is 0.168 e. The third kappa shape index (κ3) is 1.81. The molecule has 0 unspecified atom stereocenters. The molecule has 2 rings (SSSR count). The van der Waals surface area contributed by atoms with Crippen LogP contribution in [0.4, 0.5) is 4.39 Å². The second-order valence-corrected chi connectivity index (χ2v) is 4.97. The zero-order chi connectivity index (χ0) is 11.9. The first-order valence-corrected chi connectivity index (χ1v) is 5.93. The van der Waals surface area contributed by atoms with Crippen LogP contribution < -0.4 is 4.74 Å². The van der Waals surface area contributed by atoms with Gasteiger partial charge in [-0.2, -0.15) is 0 Å². The summed E-state index contributed by atoms with van der Waals surface area (Å²) in [5.41, 5.74) is 3.26. The van der Waals surface area contributed by atoms with Crippen molar-refractivity contribution in [3.63, 3.8) is 0 Å². The molecule has 1 fully saturated rings. The summed E-state index contributed by atoms with van der Waals surface area (Å²) in [5, 5.41) is 0. The lowest BCUT2D eigenvalue weighted by Gasteiger charge is -2.18. The molecule has 0 N–H and O–H groups in total. The van der Waals surface area contributed by atoms with Crippen molar-refractivity contribution in [2.24, 2.45) is 0 Å². The maximum absolute atomic E-state index is 14.2. The molecule has 0 amide bonds. The second kappa shape index (κ2) is 4.08. The van der Waals surface area contributed by atoms with E-state index in [1.165, 1.54) is 31.1 Å². The van der Waals surface area contributed by atoms with Crippen LogP contribution in [0.5, 0.6) is 5.75 Å². The minimum atomic E-state index is -0.162. The Kier molecular flexibility index (Phi) is 2.92. The van der Waals surface area contributed by atoms with Gasteiger partial charge in [0.2, 0.25) is 0 Å². The first-order chi connectivity index (χ1) is 7.56. The number of methoxy groups -OCH3 is 1. The van der Waals surface area contributed by atoms with Crippen LogP contribution in [0.2, 0.25) is 0 Å². The predicted molar refractivity (Wildman–Crippen MR) is 63.8 cm³/mol. The smallest absolute Gasteiger partial charge is 0.168 e. The molecule has 0 atom stereocenters. The van der Waals surface area contributed by atoms with E-state index in [1.54, 1.807) is 0 Å². The van der Waals surface area contributed by atoms with Gasteiger partial charge >= 0.3 is 0 Å². The van der Waals surface area contributed by atoms with E-state index in [0.717, 1.165) is 5.56 Å². The van der Waals surface area contributed by atoms with E-state index in [2.05, 4.69) is 6.92 Å². The molecule has 0 spiro atoms. The molecule has 1 nitrogen and oxygen atoms in total. The van der Waals surface area contributed by atoms with Crippen molar-refractivity contribution in [1.29, 1.82) is 0 Å². The van der Waals surface area contributed by atoms with Gasteiger partial charge in [0.15, 0.2) is 11.6 Å². The van der Waals surface area contributed by atoms with Crippen LogP contribution >= 0.6 is 0 Å². The van der Waals surface area contributed by atoms with E-state index in [9.17, 15) is 4.39 Å². The highest BCUT2D eigenvalue weighted by Crippen LogP contribution is 2.47. The summed E-state index contributed by atoms with van der Waals surface area (Å²) in [4.78, 5) is 0. The topological polar surface area (TPSA) is 9.23 Å². The number of halogens is 1. The summed E-state index contributed by atoms with van der Waals surface area (Å²) in [6, 6.07) is 1.83. The summed E-state index contributed by atoms with van der Waals surface area (Å²) in [7, 11) is 1.53. The van der Waals surface area contributed by atoms with Crippen LogP contribution in [0.3, 0.4) is 0 Å². The molecule has 16 heavy (non-hydrogen) atoms. The molecule has 0 aromatic heterocycles. The Labute approximate surface area is 96.6 Å². The Bertz CT molecular complexity index is 406. The number of hydrogen-bond acceptors (Lipinski definition) is 1. The summed E-state index contributed by atoms with van der Waals surface area (Å²) >= 11 is 0. The fraction of sp³-hybridized carbons (Fsp3) is 0.571. The van der Waals surface area contributed by atoms with Gasteiger partial charge in [0.25, 0.3) is 0 Å². The molecule has 1 saturated carbocycles. The van der Waals surface area contributed by atoms with Gasteiger partial charge in [-0.3, -0.25) is 0 Å². The lowest BCUT2D eigenvalue weighted by molar-refractivity contribution is 0.382. The Morgan fingerprint density at radius 1 is 1.38 bits per heavy atom. The summed E-state index contributed by atoms with van der Waals surface area (Å²) < 4.78 is 19.3. The third-order valence-electron chi connectivity index (χ3n) is 3.30. The highest BCUT2D eigenvalue weighted by Gasteiger charge is 2.31. The Morgan fingerprint density at radius 2 is 2.00 bits per heavy atom. The van der Waals surface area contributed by atoms with Crippen LogP contribution in [-0.4, -0.2) is 7.11 Å². The molecule has 1 aliphatic rings. The average Bonchev–Trinajstić information content (AvgIpc) is 3.03. The van der Waals surface area contributed by atoms with Crippen molar-refractivity contribution >= 4 is 0 Å². The van der Waals surface area contributed by atoms with Crippen molar-refractivity contribution < 1.29 is 9.13 Å². The van der Waals surface area contributed by atoms with E-state index < -0.39 is 0 Å². The molecule has 0 aliphatic heterocycles. The molecule has 0 bridgehead atoms. The third-order valence-corrected chi connectivity index (χ3v) is 3.30. The van der Waals surface area contributed by atoms with Gasteiger partial charge in [-0.25, -0.2) is 4.39 Å². The minimum absolute atomic E-state index is 0.162. The van der Waals surface area contributed by atoms with Crippen LogP contribution in [-0.2, 0) is 0 Å². The van der Waals surface area contributed by atoms with Gasteiger partial charge in [-0.1, -0.05) is 13.8 Å². The molecule has 2 heteroatoms. The fourth-order valence-electron chi connectivity index (χ4n) is 2.43. The molecule has 0 saturated heterocycles. The number of ether oxygens (including phenoxy) is 1. The molecule has 1 aromatic carbocycles. The Balaban J connectivity index is 2.62.